The van der Waals surface area contributed by atoms with Crippen LogP contribution in [0.3, 0.4) is 0 Å². The fourth-order valence-corrected chi connectivity index (χ4v) is 0.640. The topological polar surface area (TPSA) is 87.0 Å². The molecule has 0 aliphatic rings. The molecule has 0 aliphatic heterocycles. The molecule has 0 bridgehead atoms. The van der Waals surface area contributed by atoms with E-state index in [1.54, 1.807) is 6.92 Å². The second kappa shape index (κ2) is 4.71. The number of aliphatic hydroxyl groups is 1. The Bertz CT molecular complexity index is 226. The summed E-state index contributed by atoms with van der Waals surface area (Å²) in [6.45, 7) is 1.64. The summed E-state index contributed by atoms with van der Waals surface area (Å²) >= 11 is 5.46. The van der Waals surface area contributed by atoms with Crippen molar-refractivity contribution < 1.29 is 15.0 Å². The molecule has 0 saturated heterocycles. The third-order valence-corrected chi connectivity index (χ3v) is 1.71. The molecule has 0 amide bonds. The lowest BCUT2D eigenvalue weighted by Gasteiger charge is -2.04. The third kappa shape index (κ3) is 2.50. The maximum atomic E-state index is 10.2. The molecule has 1 unspecified atom stereocenters. The Balaban J connectivity index is 4.83. The van der Waals surface area contributed by atoms with Crippen molar-refractivity contribution in [3.05, 3.63) is 16.4 Å². The second-order valence-corrected chi connectivity index (χ2v) is 2.53. The summed E-state index contributed by atoms with van der Waals surface area (Å²) < 4.78 is 0. The molecule has 68 valence electrons. The molecule has 0 aromatic heterocycles. The number of hydrogen-bond donors (Lipinski definition) is 2. The van der Waals surface area contributed by atoms with Gasteiger partial charge in [-0.15, -0.1) is 16.5 Å². The molecule has 5 nitrogen and oxygen atoms in total. The van der Waals surface area contributed by atoms with Crippen LogP contribution >= 0.6 is 11.6 Å². The number of hydrogen-bond acceptors (Lipinski definition) is 4. The number of carbonyl (C=O) groups is 1. The smallest absolute Gasteiger partial charge is 0.361 e. The molecule has 6 heteroatoms. The first-order valence-corrected chi connectivity index (χ1v) is 3.62. The highest BCUT2D eigenvalue weighted by Gasteiger charge is 2.20. The molecule has 0 fully saturated rings. The van der Waals surface area contributed by atoms with Crippen LogP contribution in [-0.2, 0) is 4.79 Å². The zero-order valence-electron chi connectivity index (χ0n) is 6.32. The van der Waals surface area contributed by atoms with Gasteiger partial charge in [-0.1, -0.05) is 6.92 Å². The second-order valence-electron chi connectivity index (χ2n) is 2.01. The molecule has 0 aromatic rings. The summed E-state index contributed by atoms with van der Waals surface area (Å²) in [5, 5.41) is 18.6. The van der Waals surface area contributed by atoms with E-state index in [0.29, 0.717) is 6.42 Å². The van der Waals surface area contributed by atoms with E-state index < -0.39 is 22.8 Å². The molecule has 2 N–H and O–H groups in total. The van der Waals surface area contributed by atoms with E-state index in [1.807, 2.05) is 0 Å². The van der Waals surface area contributed by atoms with Crippen molar-refractivity contribution in [1.29, 1.82) is 0 Å². The van der Waals surface area contributed by atoms with Gasteiger partial charge in [-0.3, -0.25) is 0 Å². The minimum atomic E-state index is -1.58. The van der Waals surface area contributed by atoms with Gasteiger partial charge in [0.05, 0.1) is 5.38 Å². The molecule has 0 aliphatic carbocycles. The monoisotopic (exact) mass is 193 g/mol. The van der Waals surface area contributed by atoms with Crippen molar-refractivity contribution in [3.63, 3.8) is 0 Å². The lowest BCUT2D eigenvalue weighted by molar-refractivity contribution is -0.132. The van der Waals surface area contributed by atoms with Crippen LogP contribution in [0.15, 0.2) is 16.6 Å². The fourth-order valence-electron chi connectivity index (χ4n) is 0.537. The molecule has 0 heterocycles. The van der Waals surface area contributed by atoms with E-state index in [2.05, 4.69) is 5.18 Å². The molecule has 0 spiro atoms. The molecule has 1 atom stereocenters. The molecule has 0 radical (unpaired) electrons. The van der Waals surface area contributed by atoms with Crippen LogP contribution in [0.5, 0.6) is 0 Å². The van der Waals surface area contributed by atoms with Gasteiger partial charge in [-0.05, 0) is 11.6 Å². The summed E-state index contributed by atoms with van der Waals surface area (Å²) in [5.41, 5.74) is -0.933. The summed E-state index contributed by atoms with van der Waals surface area (Å²) in [5.74, 6) is -2.27. The number of carboxylic acids is 1. The lowest BCUT2D eigenvalue weighted by atomic mass is 10.2. The van der Waals surface area contributed by atoms with Crippen molar-refractivity contribution >= 4 is 17.6 Å². The summed E-state index contributed by atoms with van der Waals surface area (Å²) in [4.78, 5) is 20.1. The average molecular weight is 194 g/mol. The van der Waals surface area contributed by atoms with E-state index in [1.165, 1.54) is 0 Å². The van der Waals surface area contributed by atoms with E-state index in [-0.39, 0.29) is 0 Å². The first kappa shape index (κ1) is 10.9. The van der Waals surface area contributed by atoms with Gasteiger partial charge in [0.15, 0.2) is 0 Å². The molecule has 0 aromatic carbocycles. The van der Waals surface area contributed by atoms with Crippen molar-refractivity contribution in [3.8, 4) is 0 Å². The predicted octanol–water partition coefficient (Wildman–Crippen LogP) is 1.62. The van der Waals surface area contributed by atoms with E-state index in [0.717, 1.165) is 0 Å². The highest BCUT2D eigenvalue weighted by molar-refractivity contribution is 6.22. The molecule has 0 saturated carbocycles. The average Bonchev–Trinajstić information content (AvgIpc) is 2.03. The Morgan fingerprint density at radius 3 is 2.33 bits per heavy atom. The van der Waals surface area contributed by atoms with Crippen molar-refractivity contribution in [2.45, 2.75) is 18.7 Å². The Labute approximate surface area is 73.6 Å². The SMILES string of the molecule is CCC(Cl)C(O)=C(N=O)C(=O)O. The first-order chi connectivity index (χ1) is 5.54. The Hall–Kier alpha value is -1.10. The number of allylic oxidation sites excluding steroid dienone is 1. The molecular formula is C6H8ClNO4. The third-order valence-electron chi connectivity index (χ3n) is 1.19. The molecule has 0 rings (SSSR count). The molecular weight excluding hydrogens is 186 g/mol. The van der Waals surface area contributed by atoms with Crippen molar-refractivity contribution in [2.75, 3.05) is 0 Å². The number of rotatable bonds is 4. The maximum absolute atomic E-state index is 10.2. The minimum Gasteiger partial charge on any atom is -0.508 e. The zero-order chi connectivity index (χ0) is 9.72. The van der Waals surface area contributed by atoms with Crippen LogP contribution < -0.4 is 0 Å². The van der Waals surface area contributed by atoms with Gasteiger partial charge in [-0.2, -0.15) is 0 Å². The summed E-state index contributed by atoms with van der Waals surface area (Å²) in [7, 11) is 0. The number of aliphatic hydroxyl groups excluding tert-OH is 1. The highest BCUT2D eigenvalue weighted by Crippen LogP contribution is 2.15. The van der Waals surface area contributed by atoms with E-state index in [9.17, 15) is 9.70 Å². The van der Waals surface area contributed by atoms with E-state index in [4.69, 9.17) is 21.8 Å². The quantitative estimate of drug-likeness (QED) is 0.307. The predicted molar refractivity (Wildman–Crippen MR) is 43.0 cm³/mol. The summed E-state index contributed by atoms with van der Waals surface area (Å²) in [6.07, 6.45) is 0.319. The normalized spacial score (nSPS) is 14.8. The highest BCUT2D eigenvalue weighted by atomic mass is 35.5. The fraction of sp³-hybridized carbons (Fsp3) is 0.500. The van der Waals surface area contributed by atoms with Gasteiger partial charge in [0, 0.05) is 0 Å². The van der Waals surface area contributed by atoms with Crippen LogP contribution in [0, 0.1) is 4.91 Å². The lowest BCUT2D eigenvalue weighted by Crippen LogP contribution is -2.09. The van der Waals surface area contributed by atoms with Gasteiger partial charge in [0.25, 0.3) is 0 Å². The Kier molecular flexibility index (Phi) is 4.28. The largest absolute Gasteiger partial charge is 0.508 e. The van der Waals surface area contributed by atoms with Crippen LogP contribution in [0.25, 0.3) is 0 Å². The van der Waals surface area contributed by atoms with Gasteiger partial charge in [0.2, 0.25) is 5.70 Å². The Morgan fingerprint density at radius 1 is 1.58 bits per heavy atom. The van der Waals surface area contributed by atoms with Gasteiger partial charge in [0.1, 0.15) is 5.76 Å². The van der Waals surface area contributed by atoms with Crippen molar-refractivity contribution in [2.24, 2.45) is 5.18 Å². The number of halogens is 1. The van der Waals surface area contributed by atoms with Gasteiger partial charge < -0.3 is 10.2 Å². The summed E-state index contributed by atoms with van der Waals surface area (Å²) in [6, 6.07) is 0. The van der Waals surface area contributed by atoms with Gasteiger partial charge in [-0.25, -0.2) is 4.79 Å². The number of alkyl halides is 1. The number of nitroso groups, excluding NO2 is 1. The number of carboxylic acid groups (broad SMARTS) is 1. The van der Waals surface area contributed by atoms with Crippen LogP contribution in [0.1, 0.15) is 13.3 Å². The van der Waals surface area contributed by atoms with Crippen molar-refractivity contribution in [1.82, 2.24) is 0 Å². The Morgan fingerprint density at radius 2 is 2.08 bits per heavy atom. The van der Waals surface area contributed by atoms with Gasteiger partial charge >= 0.3 is 5.97 Å². The van der Waals surface area contributed by atoms with Crippen LogP contribution in [-0.4, -0.2) is 21.6 Å². The first-order valence-electron chi connectivity index (χ1n) is 3.18. The maximum Gasteiger partial charge on any atom is 0.361 e. The van der Waals surface area contributed by atoms with E-state index >= 15 is 0 Å². The van der Waals surface area contributed by atoms with Crippen LogP contribution in [0.2, 0.25) is 0 Å². The minimum absolute atomic E-state index is 0.319. The zero-order valence-corrected chi connectivity index (χ0v) is 7.08. The van der Waals surface area contributed by atoms with Crippen LogP contribution in [0.4, 0.5) is 0 Å². The molecule has 12 heavy (non-hydrogen) atoms. The standard InChI is InChI=1S/C6H8ClNO4/c1-2-3(7)5(9)4(8-12)6(10)11/h3,9H,2H2,1H3,(H,10,11). The number of aliphatic carboxylic acids is 1. The number of nitrogens with zero attached hydrogens (tertiary/aromatic N) is 1.